The molecule has 2 aromatic heterocycles. The average Bonchev–Trinajstić information content (AvgIpc) is 3.32. The number of amides is 1. The van der Waals surface area contributed by atoms with Crippen molar-refractivity contribution in [1.29, 1.82) is 0 Å². The first kappa shape index (κ1) is 23.9. The molecule has 0 aliphatic rings. The van der Waals surface area contributed by atoms with Gasteiger partial charge in [0.1, 0.15) is 11.3 Å². The molecule has 3 rings (SSSR count). The Balaban J connectivity index is 0.00000300. The monoisotopic (exact) mass is 473 g/mol. The van der Waals surface area contributed by atoms with Crippen LogP contribution in [-0.2, 0) is 0 Å². The van der Waals surface area contributed by atoms with E-state index in [4.69, 9.17) is 21.3 Å². The summed E-state index contributed by atoms with van der Waals surface area (Å²) in [6.07, 6.45) is 0. The highest BCUT2D eigenvalue weighted by Crippen LogP contribution is 2.37. The lowest BCUT2D eigenvalue weighted by Crippen LogP contribution is -2.38. The summed E-state index contributed by atoms with van der Waals surface area (Å²) in [5.74, 6) is 0.651. The second kappa shape index (κ2) is 10.6. The molecule has 0 aliphatic carbocycles. The predicted octanol–water partition coefficient (Wildman–Crippen LogP) is 5.74. The Bertz CT molecular complexity index is 970. The number of rotatable bonds is 8. The molecule has 0 radical (unpaired) electrons. The van der Waals surface area contributed by atoms with E-state index in [1.807, 2.05) is 19.1 Å². The molecule has 0 spiro atoms. The van der Waals surface area contributed by atoms with E-state index in [0.717, 1.165) is 41.2 Å². The van der Waals surface area contributed by atoms with E-state index in [9.17, 15) is 4.79 Å². The topological polar surface area (TPSA) is 45.7 Å². The Morgan fingerprint density at radius 2 is 1.86 bits per heavy atom. The van der Waals surface area contributed by atoms with Crippen LogP contribution in [0.2, 0.25) is 4.34 Å². The minimum atomic E-state index is -0.0697. The zero-order chi connectivity index (χ0) is 20.3. The van der Waals surface area contributed by atoms with Crippen molar-refractivity contribution in [1.82, 2.24) is 9.88 Å². The molecule has 0 atom stereocenters. The van der Waals surface area contributed by atoms with E-state index < -0.39 is 0 Å². The number of carbonyl (C=O) groups excluding carboxylic acids is 1. The summed E-state index contributed by atoms with van der Waals surface area (Å²) in [5, 5.41) is 0.685. The van der Waals surface area contributed by atoms with Gasteiger partial charge in [-0.1, -0.05) is 42.9 Å². The summed E-state index contributed by atoms with van der Waals surface area (Å²) in [5.41, 5.74) is 1.92. The Hall–Kier alpha value is -1.38. The van der Waals surface area contributed by atoms with Crippen LogP contribution in [0.1, 0.15) is 29.1 Å². The fourth-order valence-corrected chi connectivity index (χ4v) is 5.07. The zero-order valence-corrected chi connectivity index (χ0v) is 20.1. The minimum Gasteiger partial charge on any atom is -0.494 e. The van der Waals surface area contributed by atoms with Crippen LogP contribution in [0.4, 0.5) is 5.13 Å². The van der Waals surface area contributed by atoms with E-state index >= 15 is 0 Å². The van der Waals surface area contributed by atoms with Crippen molar-refractivity contribution in [3.8, 4) is 5.75 Å². The largest absolute Gasteiger partial charge is 0.494 e. The zero-order valence-electron chi connectivity index (χ0n) is 16.9. The number of carbonyl (C=O) groups is 1. The van der Waals surface area contributed by atoms with Crippen molar-refractivity contribution in [2.45, 2.75) is 20.8 Å². The molecule has 3 aromatic rings. The maximum absolute atomic E-state index is 13.3. The average molecular weight is 474 g/mol. The summed E-state index contributed by atoms with van der Waals surface area (Å²) in [7, 11) is 1.64. The quantitative estimate of drug-likeness (QED) is 0.418. The second-order valence-electron chi connectivity index (χ2n) is 6.35. The molecule has 1 amide bonds. The molecule has 0 bridgehead atoms. The van der Waals surface area contributed by atoms with Crippen LogP contribution < -0.4 is 9.64 Å². The molecule has 2 heterocycles. The third-order valence-electron chi connectivity index (χ3n) is 4.71. The highest BCUT2D eigenvalue weighted by atomic mass is 35.5. The molecule has 0 N–H and O–H groups in total. The number of thiophene rings is 1. The lowest BCUT2D eigenvalue weighted by Gasteiger charge is -2.24. The van der Waals surface area contributed by atoms with Gasteiger partial charge in [-0.2, -0.15) is 0 Å². The number of nitrogens with zero attached hydrogens (tertiary/aromatic N) is 3. The van der Waals surface area contributed by atoms with Crippen LogP contribution in [-0.4, -0.2) is 49.1 Å². The number of likely N-dealkylation sites (N-methyl/N-ethyl adjacent to an activating group) is 1. The van der Waals surface area contributed by atoms with Crippen LogP contribution in [0.25, 0.3) is 10.2 Å². The Morgan fingerprint density at radius 1 is 1.14 bits per heavy atom. The van der Waals surface area contributed by atoms with Crippen molar-refractivity contribution in [2.24, 2.45) is 0 Å². The number of aryl methyl sites for hydroxylation is 1. The van der Waals surface area contributed by atoms with Gasteiger partial charge in [-0.15, -0.1) is 23.7 Å². The first-order valence-corrected chi connectivity index (χ1v) is 11.2. The highest BCUT2D eigenvalue weighted by molar-refractivity contribution is 7.22. The third-order valence-corrected chi connectivity index (χ3v) is 7.14. The third kappa shape index (κ3) is 5.22. The number of halogens is 2. The number of ether oxygens (including phenoxy) is 1. The first-order chi connectivity index (χ1) is 13.5. The second-order valence-corrected chi connectivity index (χ2v) is 9.04. The van der Waals surface area contributed by atoms with Gasteiger partial charge in [0.2, 0.25) is 0 Å². The molecule has 9 heteroatoms. The normalized spacial score (nSPS) is 11.0. The van der Waals surface area contributed by atoms with E-state index in [1.165, 1.54) is 22.7 Å². The van der Waals surface area contributed by atoms with Crippen molar-refractivity contribution >= 4 is 67.9 Å². The Labute approximate surface area is 190 Å². The van der Waals surface area contributed by atoms with E-state index in [1.54, 1.807) is 24.1 Å². The van der Waals surface area contributed by atoms with Gasteiger partial charge >= 0.3 is 0 Å². The van der Waals surface area contributed by atoms with Crippen LogP contribution >= 0.6 is 46.7 Å². The molecular formula is C20H25Cl2N3O2S2. The van der Waals surface area contributed by atoms with Crippen LogP contribution in [0.15, 0.2) is 24.3 Å². The van der Waals surface area contributed by atoms with E-state index in [2.05, 4.69) is 18.7 Å². The molecule has 158 valence electrons. The fourth-order valence-electron chi connectivity index (χ4n) is 3.01. The van der Waals surface area contributed by atoms with Gasteiger partial charge < -0.3 is 9.64 Å². The minimum absolute atomic E-state index is 0. The summed E-state index contributed by atoms with van der Waals surface area (Å²) in [6, 6.07) is 7.47. The predicted molar refractivity (Wildman–Crippen MR) is 127 cm³/mol. The van der Waals surface area contributed by atoms with Gasteiger partial charge in [0.25, 0.3) is 5.91 Å². The SMILES string of the molecule is CCN(CC)CCN(C(=O)c1ccc(Cl)s1)c1nc2c(OC)ccc(C)c2s1.Cl. The molecule has 29 heavy (non-hydrogen) atoms. The van der Waals surface area contributed by atoms with E-state index in [-0.39, 0.29) is 18.3 Å². The van der Waals surface area contributed by atoms with Gasteiger partial charge in [-0.05, 0) is 43.8 Å². The van der Waals surface area contributed by atoms with Crippen LogP contribution in [0.3, 0.4) is 0 Å². The number of thiazole rings is 1. The molecule has 0 fully saturated rings. The number of hydrogen-bond donors (Lipinski definition) is 0. The Morgan fingerprint density at radius 3 is 2.45 bits per heavy atom. The van der Waals surface area contributed by atoms with Crippen molar-refractivity contribution in [3.05, 3.63) is 39.0 Å². The lowest BCUT2D eigenvalue weighted by atomic mass is 10.2. The summed E-state index contributed by atoms with van der Waals surface area (Å²) < 4.78 is 7.12. The maximum atomic E-state index is 13.3. The van der Waals surface area contributed by atoms with Gasteiger partial charge in [0.05, 0.1) is 21.0 Å². The highest BCUT2D eigenvalue weighted by Gasteiger charge is 2.24. The number of fused-ring (bicyclic) bond motifs is 1. The van der Waals surface area contributed by atoms with Crippen molar-refractivity contribution in [2.75, 3.05) is 38.2 Å². The fraction of sp³-hybridized carbons (Fsp3) is 0.400. The molecule has 0 saturated heterocycles. The van der Waals surface area contributed by atoms with Crippen molar-refractivity contribution in [3.63, 3.8) is 0 Å². The number of aromatic nitrogens is 1. The standard InChI is InChI=1S/C20H24ClN3O2S2.ClH/c1-5-23(6-2)11-12-24(19(25)15-9-10-16(21)27-15)20-22-17-14(26-4)8-7-13(3)18(17)28-20;/h7-10H,5-6,11-12H2,1-4H3;1H. The molecular weight excluding hydrogens is 449 g/mol. The lowest BCUT2D eigenvalue weighted by molar-refractivity contribution is 0.0987. The van der Waals surface area contributed by atoms with Gasteiger partial charge in [-0.25, -0.2) is 4.98 Å². The number of methoxy groups -OCH3 is 1. The summed E-state index contributed by atoms with van der Waals surface area (Å²) in [6.45, 7) is 9.53. The summed E-state index contributed by atoms with van der Waals surface area (Å²) >= 11 is 8.88. The molecule has 5 nitrogen and oxygen atoms in total. The Kier molecular flexibility index (Phi) is 8.73. The number of hydrogen-bond acceptors (Lipinski definition) is 6. The number of benzene rings is 1. The number of anilines is 1. The van der Waals surface area contributed by atoms with Gasteiger partial charge in [-0.3, -0.25) is 9.69 Å². The first-order valence-electron chi connectivity index (χ1n) is 9.22. The van der Waals surface area contributed by atoms with E-state index in [0.29, 0.717) is 20.9 Å². The van der Waals surface area contributed by atoms with Gasteiger partial charge in [0.15, 0.2) is 5.13 Å². The maximum Gasteiger partial charge on any atom is 0.270 e. The molecule has 0 saturated carbocycles. The smallest absolute Gasteiger partial charge is 0.270 e. The molecule has 0 aliphatic heterocycles. The van der Waals surface area contributed by atoms with Crippen LogP contribution in [0.5, 0.6) is 5.75 Å². The van der Waals surface area contributed by atoms with Crippen molar-refractivity contribution < 1.29 is 9.53 Å². The molecule has 1 aromatic carbocycles. The summed E-state index contributed by atoms with van der Waals surface area (Å²) in [4.78, 5) is 22.7. The molecule has 0 unspecified atom stereocenters. The van der Waals surface area contributed by atoms with Gasteiger partial charge in [0, 0.05) is 13.1 Å². The van der Waals surface area contributed by atoms with Crippen LogP contribution in [0, 0.1) is 6.92 Å².